The van der Waals surface area contributed by atoms with Crippen LogP contribution in [0.4, 0.5) is 4.79 Å². The molecule has 3 aliphatic heterocycles. The summed E-state index contributed by atoms with van der Waals surface area (Å²) >= 11 is 0. The van der Waals surface area contributed by atoms with Crippen LogP contribution in [0.2, 0.25) is 0 Å². The highest BCUT2D eigenvalue weighted by atomic mass is 16.6. The molecule has 0 unspecified atom stereocenters. The van der Waals surface area contributed by atoms with Crippen LogP contribution in [0.3, 0.4) is 0 Å². The van der Waals surface area contributed by atoms with Gasteiger partial charge < -0.3 is 14.5 Å². The fraction of sp³-hybridized carbons (Fsp3) is 0.409. The predicted molar refractivity (Wildman–Crippen MR) is 104 cm³/mol. The first kappa shape index (κ1) is 17.1. The van der Waals surface area contributed by atoms with Crippen LogP contribution in [0.1, 0.15) is 24.0 Å². The molecular formula is C22H26N2O2. The van der Waals surface area contributed by atoms with Gasteiger partial charge in [-0.15, -0.1) is 0 Å². The van der Waals surface area contributed by atoms with Gasteiger partial charge in [-0.05, 0) is 55.5 Å². The van der Waals surface area contributed by atoms with Crippen LogP contribution in [-0.4, -0.2) is 48.1 Å². The van der Waals surface area contributed by atoms with Gasteiger partial charge in [0.15, 0.2) is 0 Å². The van der Waals surface area contributed by atoms with E-state index < -0.39 is 0 Å². The number of hydrogen-bond acceptors (Lipinski definition) is 3. The van der Waals surface area contributed by atoms with Gasteiger partial charge in [0.1, 0.15) is 5.75 Å². The van der Waals surface area contributed by atoms with Crippen molar-refractivity contribution in [3.8, 4) is 16.9 Å². The van der Waals surface area contributed by atoms with Gasteiger partial charge in [0.05, 0.1) is 0 Å². The topological polar surface area (TPSA) is 32.8 Å². The number of hydrogen-bond donors (Lipinski definition) is 0. The quantitative estimate of drug-likeness (QED) is 0.812. The fourth-order valence-corrected chi connectivity index (χ4v) is 4.04. The number of benzene rings is 2. The van der Waals surface area contributed by atoms with Crippen molar-refractivity contribution in [2.24, 2.45) is 0 Å². The monoisotopic (exact) mass is 350 g/mol. The maximum atomic E-state index is 12.6. The zero-order chi connectivity index (χ0) is 18.1. The molecule has 0 spiro atoms. The summed E-state index contributed by atoms with van der Waals surface area (Å²) < 4.78 is 5.67. The van der Waals surface area contributed by atoms with Crippen LogP contribution in [0, 0.1) is 13.8 Å². The van der Waals surface area contributed by atoms with E-state index in [2.05, 4.69) is 36.9 Å². The molecule has 1 amide bonds. The molecule has 2 bridgehead atoms. The van der Waals surface area contributed by atoms with Gasteiger partial charge in [0.2, 0.25) is 0 Å². The smallest absolute Gasteiger partial charge is 0.410 e. The van der Waals surface area contributed by atoms with Crippen molar-refractivity contribution in [3.05, 3.63) is 53.6 Å². The minimum Gasteiger partial charge on any atom is -0.410 e. The van der Waals surface area contributed by atoms with Gasteiger partial charge in [-0.2, -0.15) is 0 Å². The van der Waals surface area contributed by atoms with Crippen molar-refractivity contribution in [2.75, 3.05) is 26.2 Å². The average molecular weight is 350 g/mol. The number of carbonyl (C=O) groups is 1. The normalized spacial score (nSPS) is 22.2. The number of aryl methyl sites for hydroxylation is 2. The second kappa shape index (κ2) is 7.12. The largest absolute Gasteiger partial charge is 0.415 e. The molecule has 3 heterocycles. The van der Waals surface area contributed by atoms with Gasteiger partial charge in [-0.25, -0.2) is 4.79 Å². The number of amides is 1. The second-order valence-electron chi connectivity index (χ2n) is 7.48. The van der Waals surface area contributed by atoms with Crippen LogP contribution in [0.25, 0.3) is 11.1 Å². The molecule has 4 heteroatoms. The summed E-state index contributed by atoms with van der Waals surface area (Å²) in [6.45, 7) is 8.14. The molecule has 0 radical (unpaired) electrons. The Bertz CT molecular complexity index is 792. The SMILES string of the molecule is Cc1ccc(C)c(-c2ccc(OC(=O)N3CCN4CCC3CC4)cc2)c1. The molecular weight excluding hydrogens is 324 g/mol. The lowest BCUT2D eigenvalue weighted by Gasteiger charge is -2.30. The van der Waals surface area contributed by atoms with Crippen LogP contribution in [-0.2, 0) is 0 Å². The summed E-state index contributed by atoms with van der Waals surface area (Å²) in [5, 5.41) is 0. The van der Waals surface area contributed by atoms with Gasteiger partial charge in [0, 0.05) is 32.2 Å². The van der Waals surface area contributed by atoms with Crippen LogP contribution < -0.4 is 4.74 Å². The highest BCUT2D eigenvalue weighted by Crippen LogP contribution is 2.27. The minimum absolute atomic E-state index is 0.210. The van der Waals surface area contributed by atoms with E-state index in [4.69, 9.17) is 4.74 Å². The van der Waals surface area contributed by atoms with Crippen LogP contribution in [0.5, 0.6) is 5.75 Å². The summed E-state index contributed by atoms with van der Waals surface area (Å²) in [6, 6.07) is 14.6. The Morgan fingerprint density at radius 2 is 1.69 bits per heavy atom. The number of rotatable bonds is 2. The first-order valence-electron chi connectivity index (χ1n) is 9.48. The Kier molecular flexibility index (Phi) is 4.68. The maximum absolute atomic E-state index is 12.6. The van der Waals surface area contributed by atoms with Crippen molar-refractivity contribution in [3.63, 3.8) is 0 Å². The van der Waals surface area contributed by atoms with E-state index in [9.17, 15) is 4.79 Å². The van der Waals surface area contributed by atoms with E-state index in [0.717, 1.165) is 44.6 Å². The molecule has 26 heavy (non-hydrogen) atoms. The van der Waals surface area contributed by atoms with E-state index in [1.807, 2.05) is 29.2 Å². The van der Waals surface area contributed by atoms with Crippen molar-refractivity contribution in [2.45, 2.75) is 32.7 Å². The molecule has 0 aliphatic carbocycles. The van der Waals surface area contributed by atoms with Crippen molar-refractivity contribution in [1.82, 2.24) is 9.80 Å². The lowest BCUT2D eigenvalue weighted by Crippen LogP contribution is -2.43. The Morgan fingerprint density at radius 3 is 2.42 bits per heavy atom. The summed E-state index contributed by atoms with van der Waals surface area (Å²) in [5.74, 6) is 0.614. The van der Waals surface area contributed by atoms with Crippen molar-refractivity contribution < 1.29 is 9.53 Å². The molecule has 0 aromatic heterocycles. The number of nitrogens with zero attached hydrogens (tertiary/aromatic N) is 2. The third kappa shape index (κ3) is 3.47. The Labute approximate surface area is 155 Å². The highest BCUT2D eigenvalue weighted by molar-refractivity contribution is 5.73. The fourth-order valence-electron chi connectivity index (χ4n) is 4.04. The molecule has 3 fully saturated rings. The number of fused-ring (bicyclic) bond motifs is 4. The van der Waals surface area contributed by atoms with Gasteiger partial charge >= 0.3 is 6.09 Å². The first-order chi connectivity index (χ1) is 12.6. The van der Waals surface area contributed by atoms with Crippen LogP contribution >= 0.6 is 0 Å². The molecule has 4 nitrogen and oxygen atoms in total. The minimum atomic E-state index is -0.210. The molecule has 0 saturated carbocycles. The molecule has 136 valence electrons. The summed E-state index contributed by atoms with van der Waals surface area (Å²) in [4.78, 5) is 17.0. The third-order valence-electron chi connectivity index (χ3n) is 5.65. The van der Waals surface area contributed by atoms with Crippen molar-refractivity contribution in [1.29, 1.82) is 0 Å². The van der Waals surface area contributed by atoms with Gasteiger partial charge in [-0.3, -0.25) is 0 Å². The Balaban J connectivity index is 1.47. The summed E-state index contributed by atoms with van der Waals surface area (Å²) in [6.07, 6.45) is 1.90. The lowest BCUT2D eigenvalue weighted by atomic mass is 9.98. The molecule has 2 aromatic carbocycles. The van der Waals surface area contributed by atoms with E-state index in [0.29, 0.717) is 11.8 Å². The Morgan fingerprint density at radius 1 is 0.962 bits per heavy atom. The van der Waals surface area contributed by atoms with E-state index in [-0.39, 0.29) is 6.09 Å². The molecule has 0 atom stereocenters. The van der Waals surface area contributed by atoms with Gasteiger partial charge in [-0.1, -0.05) is 35.9 Å². The number of piperidine rings is 1. The van der Waals surface area contributed by atoms with E-state index >= 15 is 0 Å². The zero-order valence-corrected chi connectivity index (χ0v) is 15.6. The molecule has 2 aromatic rings. The third-order valence-corrected chi connectivity index (χ3v) is 5.65. The molecule has 3 aliphatic rings. The molecule has 5 rings (SSSR count). The second-order valence-corrected chi connectivity index (χ2v) is 7.48. The highest BCUT2D eigenvalue weighted by Gasteiger charge is 2.32. The Hall–Kier alpha value is -2.33. The van der Waals surface area contributed by atoms with Crippen LogP contribution in [0.15, 0.2) is 42.5 Å². The van der Waals surface area contributed by atoms with E-state index in [1.165, 1.54) is 16.7 Å². The zero-order valence-electron chi connectivity index (χ0n) is 15.6. The predicted octanol–water partition coefficient (Wildman–Crippen LogP) is 4.25. The van der Waals surface area contributed by atoms with Gasteiger partial charge in [0.25, 0.3) is 0 Å². The molecule has 3 saturated heterocycles. The first-order valence-corrected chi connectivity index (χ1v) is 9.48. The average Bonchev–Trinajstić information content (AvgIpc) is 2.98. The standard InChI is InChI=1S/C22H26N2O2/c1-16-3-4-17(2)21(15-16)18-5-7-20(8-6-18)26-22(25)24-14-13-23-11-9-19(24)10-12-23/h3-8,15,19H,9-14H2,1-2H3. The molecule has 0 N–H and O–H groups in total. The lowest BCUT2D eigenvalue weighted by molar-refractivity contribution is 0.131. The summed E-state index contributed by atoms with van der Waals surface area (Å²) in [7, 11) is 0. The number of ether oxygens (including phenoxy) is 1. The number of carbonyl (C=O) groups excluding carboxylic acids is 1. The van der Waals surface area contributed by atoms with E-state index in [1.54, 1.807) is 0 Å². The maximum Gasteiger partial charge on any atom is 0.415 e. The summed E-state index contributed by atoms with van der Waals surface area (Å²) in [5.41, 5.74) is 4.86. The van der Waals surface area contributed by atoms with Crippen molar-refractivity contribution >= 4 is 6.09 Å².